The van der Waals surface area contributed by atoms with Crippen LogP contribution in [0.1, 0.15) is 36.8 Å². The molecule has 0 aliphatic carbocycles. The molecule has 1 aliphatic rings. The van der Waals surface area contributed by atoms with Crippen LogP contribution in [-0.4, -0.2) is 33.0 Å². The largest absolute Gasteiger partial charge is 0.416 e. The van der Waals surface area contributed by atoms with Crippen molar-refractivity contribution in [1.82, 2.24) is 4.90 Å². The normalized spacial score (nSPS) is 18.2. The van der Waals surface area contributed by atoms with Gasteiger partial charge in [-0.3, -0.25) is 4.72 Å². The van der Waals surface area contributed by atoms with E-state index < -0.39 is 26.7 Å². The number of sulfonamides is 1. The lowest BCUT2D eigenvalue weighted by molar-refractivity contribution is -0.137. The van der Waals surface area contributed by atoms with Gasteiger partial charge in [-0.05, 0) is 67.7 Å². The highest BCUT2D eigenvalue weighted by molar-refractivity contribution is 9.10. The molecule has 0 spiro atoms. The van der Waals surface area contributed by atoms with Crippen molar-refractivity contribution in [3.63, 3.8) is 0 Å². The van der Waals surface area contributed by atoms with Gasteiger partial charge in [0.1, 0.15) is 0 Å². The van der Waals surface area contributed by atoms with E-state index in [1.54, 1.807) is 12.1 Å². The van der Waals surface area contributed by atoms with Gasteiger partial charge in [0, 0.05) is 16.7 Å². The third kappa shape index (κ3) is 5.52. The van der Waals surface area contributed by atoms with Crippen molar-refractivity contribution in [3.05, 3.63) is 58.1 Å². The molecule has 3 rings (SSSR count). The van der Waals surface area contributed by atoms with Gasteiger partial charge in [-0.25, -0.2) is 8.42 Å². The predicted molar refractivity (Wildman–Crippen MR) is 110 cm³/mol. The maximum Gasteiger partial charge on any atom is 0.416 e. The van der Waals surface area contributed by atoms with Crippen LogP contribution in [0.4, 0.5) is 18.9 Å². The van der Waals surface area contributed by atoms with Crippen LogP contribution in [0.5, 0.6) is 0 Å². The number of hydrogen-bond acceptors (Lipinski definition) is 3. The van der Waals surface area contributed by atoms with E-state index in [1.165, 1.54) is 0 Å². The minimum atomic E-state index is -4.64. The summed E-state index contributed by atoms with van der Waals surface area (Å²) >= 11 is 2.95. The predicted octanol–water partition coefficient (Wildman–Crippen LogP) is 5.47. The number of rotatable bonds is 6. The van der Waals surface area contributed by atoms with Gasteiger partial charge in [-0.15, -0.1) is 0 Å². The number of nitrogens with zero attached hydrogens (tertiary/aromatic N) is 1. The number of hydrogen-bond donors (Lipinski definition) is 1. The quantitative estimate of drug-likeness (QED) is 0.584. The summed E-state index contributed by atoms with van der Waals surface area (Å²) in [6, 6.07) is 9.67. The molecule has 4 nitrogen and oxygen atoms in total. The summed E-state index contributed by atoms with van der Waals surface area (Å²) in [6.07, 6.45) is -2.47. The highest BCUT2D eigenvalue weighted by Gasteiger charge is 2.32. The van der Waals surface area contributed by atoms with Gasteiger partial charge in [0.15, 0.2) is 0 Å². The van der Waals surface area contributed by atoms with Gasteiger partial charge in [-0.2, -0.15) is 13.2 Å². The molecule has 1 atom stereocenters. The van der Waals surface area contributed by atoms with Gasteiger partial charge in [-0.1, -0.05) is 35.0 Å². The fraction of sp³-hybridized carbons (Fsp3) is 0.400. The molecule has 0 aromatic heterocycles. The van der Waals surface area contributed by atoms with E-state index in [2.05, 4.69) is 32.5 Å². The Bertz CT molecular complexity index is 963. The average Bonchev–Trinajstić information content (AvgIpc) is 3.10. The van der Waals surface area contributed by atoms with E-state index in [1.807, 2.05) is 12.1 Å². The summed E-state index contributed by atoms with van der Waals surface area (Å²) in [6.45, 7) is 5.26. The van der Waals surface area contributed by atoms with Crippen LogP contribution < -0.4 is 4.72 Å². The van der Waals surface area contributed by atoms with Crippen LogP contribution in [0.3, 0.4) is 0 Å². The molecular weight excluding hydrogens is 469 g/mol. The molecule has 1 unspecified atom stereocenters. The second kappa shape index (κ2) is 8.65. The van der Waals surface area contributed by atoms with E-state index >= 15 is 0 Å². The lowest BCUT2D eigenvalue weighted by atomic mass is 9.98. The highest BCUT2D eigenvalue weighted by Crippen LogP contribution is 2.34. The maximum absolute atomic E-state index is 13.0. The van der Waals surface area contributed by atoms with Gasteiger partial charge in [0.2, 0.25) is 0 Å². The number of halogens is 4. The van der Waals surface area contributed by atoms with E-state index in [-0.39, 0.29) is 4.47 Å². The van der Waals surface area contributed by atoms with Crippen LogP contribution in [0, 0.1) is 0 Å². The maximum atomic E-state index is 13.0. The lowest BCUT2D eigenvalue weighted by Crippen LogP contribution is -2.20. The minimum absolute atomic E-state index is 0.0425. The first-order valence-electron chi connectivity index (χ1n) is 9.31. The molecule has 1 heterocycles. The standard InChI is InChI=1S/C20H22BrF3N2O2S/c1-2-8-26-9-7-15(13-26)14-3-5-18(6-4-14)25-29(27,28)19-11-16(20(22,23)24)10-17(21)12-19/h3-6,10-12,15,25H,2,7-9,13H2,1H3. The van der Waals surface area contributed by atoms with Crippen LogP contribution in [-0.2, 0) is 16.2 Å². The minimum Gasteiger partial charge on any atom is -0.303 e. The van der Waals surface area contributed by atoms with Gasteiger partial charge >= 0.3 is 6.18 Å². The molecule has 158 valence electrons. The van der Waals surface area contributed by atoms with E-state index in [0.29, 0.717) is 17.7 Å². The van der Waals surface area contributed by atoms with Gasteiger partial charge < -0.3 is 4.90 Å². The molecule has 0 amide bonds. The number of nitrogens with one attached hydrogen (secondary N) is 1. The summed E-state index contributed by atoms with van der Waals surface area (Å²) < 4.78 is 66.5. The summed E-state index contributed by atoms with van der Waals surface area (Å²) in [7, 11) is -4.15. The van der Waals surface area contributed by atoms with Gasteiger partial charge in [0.25, 0.3) is 10.0 Å². The molecule has 9 heteroatoms. The third-order valence-corrected chi connectivity index (χ3v) is 6.77. The molecule has 0 saturated carbocycles. The molecule has 1 aliphatic heterocycles. The lowest BCUT2D eigenvalue weighted by Gasteiger charge is -2.15. The Labute approximate surface area is 177 Å². The first-order valence-corrected chi connectivity index (χ1v) is 11.6. The molecule has 1 fully saturated rings. The summed E-state index contributed by atoms with van der Waals surface area (Å²) in [5, 5.41) is 0. The summed E-state index contributed by atoms with van der Waals surface area (Å²) in [5.74, 6) is 0.409. The van der Waals surface area contributed by atoms with Crippen LogP contribution in [0.2, 0.25) is 0 Å². The van der Waals surface area contributed by atoms with Gasteiger partial charge in [0.05, 0.1) is 10.5 Å². The van der Waals surface area contributed by atoms with Crippen molar-refractivity contribution in [2.45, 2.75) is 36.8 Å². The van der Waals surface area contributed by atoms with E-state index in [4.69, 9.17) is 0 Å². The molecule has 2 aromatic rings. The van der Waals surface area contributed by atoms with Crippen molar-refractivity contribution >= 4 is 31.6 Å². The second-order valence-electron chi connectivity index (χ2n) is 7.19. The van der Waals surface area contributed by atoms with Crippen LogP contribution in [0.25, 0.3) is 0 Å². The third-order valence-electron chi connectivity index (χ3n) is 4.96. The van der Waals surface area contributed by atoms with Crippen molar-refractivity contribution in [2.75, 3.05) is 24.4 Å². The first kappa shape index (κ1) is 22.1. The number of alkyl halides is 3. The van der Waals surface area contributed by atoms with E-state index in [9.17, 15) is 21.6 Å². The molecule has 0 bridgehead atoms. The molecule has 2 aromatic carbocycles. The monoisotopic (exact) mass is 490 g/mol. The smallest absolute Gasteiger partial charge is 0.303 e. The summed E-state index contributed by atoms with van der Waals surface area (Å²) in [5.41, 5.74) is 0.416. The number of benzene rings is 2. The fourth-order valence-electron chi connectivity index (χ4n) is 3.54. The molecule has 29 heavy (non-hydrogen) atoms. The van der Waals surface area contributed by atoms with Crippen LogP contribution >= 0.6 is 15.9 Å². The van der Waals surface area contributed by atoms with Crippen LogP contribution in [0.15, 0.2) is 51.8 Å². The van der Waals surface area contributed by atoms with Crippen molar-refractivity contribution < 1.29 is 21.6 Å². The zero-order chi connectivity index (χ0) is 21.2. The zero-order valence-corrected chi connectivity index (χ0v) is 18.2. The van der Waals surface area contributed by atoms with Crippen molar-refractivity contribution in [2.24, 2.45) is 0 Å². The Morgan fingerprint density at radius 1 is 1.17 bits per heavy atom. The molecule has 1 saturated heterocycles. The van der Waals surface area contributed by atoms with Crippen molar-refractivity contribution in [1.29, 1.82) is 0 Å². The fourth-order valence-corrected chi connectivity index (χ4v) is 5.32. The zero-order valence-electron chi connectivity index (χ0n) is 15.8. The Morgan fingerprint density at radius 3 is 2.48 bits per heavy atom. The Balaban J connectivity index is 1.75. The second-order valence-corrected chi connectivity index (χ2v) is 9.79. The Morgan fingerprint density at radius 2 is 1.86 bits per heavy atom. The first-order chi connectivity index (χ1) is 13.6. The SMILES string of the molecule is CCCN1CCC(c2ccc(NS(=O)(=O)c3cc(Br)cc(C(F)(F)F)c3)cc2)C1. The number of likely N-dealkylation sites (tertiary alicyclic amines) is 1. The molecule has 1 N–H and O–H groups in total. The molecule has 0 radical (unpaired) electrons. The van der Waals surface area contributed by atoms with Crippen molar-refractivity contribution in [3.8, 4) is 0 Å². The summed E-state index contributed by atoms with van der Waals surface area (Å²) in [4.78, 5) is 1.96. The van der Waals surface area contributed by atoms with E-state index in [0.717, 1.165) is 50.2 Å². The average molecular weight is 491 g/mol. The molecular formula is C20H22BrF3N2O2S. The topological polar surface area (TPSA) is 49.4 Å². The number of anilines is 1. The Kier molecular flexibility index (Phi) is 6.60. The highest BCUT2D eigenvalue weighted by atomic mass is 79.9. The Hall–Kier alpha value is -1.58.